The molecular weight excluding hydrogens is 764 g/mol. The molecular formula is C42H43ClF4N6O4. The number of methoxy groups -OCH3 is 2. The second-order valence-electron chi connectivity index (χ2n) is 15.4. The molecule has 2 unspecified atom stereocenters. The lowest BCUT2D eigenvalue weighted by atomic mass is 9.99. The number of amides is 1. The molecule has 2 atom stereocenters. The van der Waals surface area contributed by atoms with E-state index >= 15 is 4.39 Å². The van der Waals surface area contributed by atoms with Crippen molar-refractivity contribution in [2.24, 2.45) is 0 Å². The lowest BCUT2D eigenvalue weighted by Crippen LogP contribution is -2.57. The fourth-order valence-electron chi connectivity index (χ4n) is 7.71. The van der Waals surface area contributed by atoms with Crippen molar-refractivity contribution < 1.29 is 36.6 Å². The number of fused-ring (bicyclic) bond motifs is 3. The summed E-state index contributed by atoms with van der Waals surface area (Å²) >= 11 is 6.93. The van der Waals surface area contributed by atoms with Gasteiger partial charge in [-0.1, -0.05) is 35.9 Å². The molecule has 0 N–H and O–H groups in total. The van der Waals surface area contributed by atoms with E-state index in [0.717, 1.165) is 24.0 Å². The first-order valence-corrected chi connectivity index (χ1v) is 18.9. The van der Waals surface area contributed by atoms with E-state index in [-0.39, 0.29) is 45.4 Å². The fraction of sp³-hybridized carbons (Fsp3) is 0.381. The SMILES string of the molecule is COc1ccc(CN(Cc2ccc(OC)cc2)c2cc(C)c(C(F)(F)F)c(-c3cc4nc(F)nc(N5CC6CCC(C5)N6C(=O)OC(C)(C)C)c4cc3Cl)n2)cc1. The first-order chi connectivity index (χ1) is 27.0. The van der Waals surface area contributed by atoms with Gasteiger partial charge in [-0.25, -0.2) is 14.8 Å². The van der Waals surface area contributed by atoms with Crippen LogP contribution < -0.4 is 19.3 Å². The average Bonchev–Trinajstić information content (AvgIpc) is 3.42. The van der Waals surface area contributed by atoms with Crippen molar-refractivity contribution >= 4 is 40.2 Å². The van der Waals surface area contributed by atoms with Gasteiger partial charge in [0, 0.05) is 37.1 Å². The number of carbonyl (C=O) groups is 1. The van der Waals surface area contributed by atoms with Crippen LogP contribution in [0, 0.1) is 13.0 Å². The van der Waals surface area contributed by atoms with E-state index in [0.29, 0.717) is 43.1 Å². The molecule has 2 bridgehead atoms. The zero-order valence-electron chi connectivity index (χ0n) is 32.5. The molecule has 57 heavy (non-hydrogen) atoms. The predicted octanol–water partition coefficient (Wildman–Crippen LogP) is 9.62. The average molecular weight is 807 g/mol. The molecule has 7 rings (SSSR count). The van der Waals surface area contributed by atoms with Crippen LogP contribution in [0.15, 0.2) is 66.7 Å². The molecule has 3 aromatic carbocycles. The van der Waals surface area contributed by atoms with E-state index in [1.165, 1.54) is 25.1 Å². The van der Waals surface area contributed by atoms with E-state index in [1.54, 1.807) is 19.1 Å². The highest BCUT2D eigenvalue weighted by Gasteiger charge is 2.45. The summed E-state index contributed by atoms with van der Waals surface area (Å²) in [5.41, 5.74) is -0.379. The Morgan fingerprint density at radius 2 is 1.42 bits per heavy atom. The Morgan fingerprint density at radius 1 is 0.860 bits per heavy atom. The Hall–Kier alpha value is -5.37. The number of aromatic nitrogens is 3. The third-order valence-corrected chi connectivity index (χ3v) is 10.6. The minimum Gasteiger partial charge on any atom is -0.497 e. The number of alkyl halides is 3. The smallest absolute Gasteiger partial charge is 0.418 e. The van der Waals surface area contributed by atoms with Crippen molar-refractivity contribution in [3.05, 3.63) is 100 Å². The molecule has 0 saturated carbocycles. The maximum Gasteiger partial charge on any atom is 0.418 e. The summed E-state index contributed by atoms with van der Waals surface area (Å²) in [6.45, 7) is 8.10. The number of pyridine rings is 1. The molecule has 4 heterocycles. The van der Waals surface area contributed by atoms with Crippen LogP contribution in [-0.2, 0) is 24.0 Å². The van der Waals surface area contributed by atoms with E-state index in [9.17, 15) is 18.0 Å². The Morgan fingerprint density at radius 3 is 1.93 bits per heavy atom. The zero-order valence-corrected chi connectivity index (χ0v) is 33.2. The summed E-state index contributed by atoms with van der Waals surface area (Å²) in [4.78, 5) is 31.5. The molecule has 1 amide bonds. The van der Waals surface area contributed by atoms with Crippen LogP contribution >= 0.6 is 11.6 Å². The van der Waals surface area contributed by atoms with Crippen LogP contribution in [0.1, 0.15) is 55.9 Å². The monoisotopic (exact) mass is 806 g/mol. The van der Waals surface area contributed by atoms with Crippen molar-refractivity contribution in [1.29, 1.82) is 0 Å². The van der Waals surface area contributed by atoms with E-state index < -0.39 is 35.2 Å². The van der Waals surface area contributed by atoms with Gasteiger partial charge in [-0.3, -0.25) is 4.90 Å². The van der Waals surface area contributed by atoms with Gasteiger partial charge in [-0.2, -0.15) is 22.5 Å². The summed E-state index contributed by atoms with van der Waals surface area (Å²) in [6, 6.07) is 18.6. The normalized spacial score (nSPS) is 16.9. The lowest BCUT2D eigenvalue weighted by molar-refractivity contribution is -0.137. The highest BCUT2D eigenvalue weighted by molar-refractivity contribution is 6.34. The molecule has 0 radical (unpaired) electrons. The van der Waals surface area contributed by atoms with Crippen LogP contribution in [0.2, 0.25) is 5.02 Å². The number of anilines is 2. The van der Waals surface area contributed by atoms with Gasteiger partial charge in [0.05, 0.1) is 48.1 Å². The zero-order chi connectivity index (χ0) is 40.8. The molecule has 0 spiro atoms. The topological polar surface area (TPSA) is 93.2 Å². The number of benzene rings is 3. The Kier molecular flexibility index (Phi) is 10.9. The predicted molar refractivity (Wildman–Crippen MR) is 210 cm³/mol. The van der Waals surface area contributed by atoms with Crippen LogP contribution in [0.5, 0.6) is 11.5 Å². The summed E-state index contributed by atoms with van der Waals surface area (Å²) in [5.74, 6) is 1.84. The quantitative estimate of drug-likeness (QED) is 0.107. The molecule has 2 fully saturated rings. The number of rotatable bonds is 9. The molecule has 5 aromatic rings. The van der Waals surface area contributed by atoms with Gasteiger partial charge in [0.2, 0.25) is 0 Å². The Balaban J connectivity index is 1.30. The largest absolute Gasteiger partial charge is 0.497 e. The van der Waals surface area contributed by atoms with Crippen molar-refractivity contribution in [1.82, 2.24) is 19.9 Å². The van der Waals surface area contributed by atoms with Gasteiger partial charge in [-0.15, -0.1) is 0 Å². The lowest BCUT2D eigenvalue weighted by Gasteiger charge is -2.42. The highest BCUT2D eigenvalue weighted by Crippen LogP contribution is 2.44. The number of ether oxygens (including phenoxy) is 3. The van der Waals surface area contributed by atoms with E-state index in [2.05, 4.69) is 15.0 Å². The van der Waals surface area contributed by atoms with Gasteiger partial charge >= 0.3 is 18.3 Å². The van der Waals surface area contributed by atoms with Crippen LogP contribution in [0.3, 0.4) is 0 Å². The number of carbonyl (C=O) groups excluding carboxylic acids is 1. The number of aryl methyl sites for hydroxylation is 1. The molecule has 300 valence electrons. The van der Waals surface area contributed by atoms with Crippen LogP contribution in [0.25, 0.3) is 22.2 Å². The van der Waals surface area contributed by atoms with Gasteiger partial charge < -0.3 is 24.0 Å². The van der Waals surface area contributed by atoms with E-state index in [4.69, 9.17) is 25.8 Å². The first kappa shape index (κ1) is 39.8. The van der Waals surface area contributed by atoms with Crippen molar-refractivity contribution in [3.8, 4) is 22.8 Å². The molecule has 2 aliphatic rings. The molecule has 2 saturated heterocycles. The molecule has 0 aliphatic carbocycles. The third-order valence-electron chi connectivity index (χ3n) is 10.3. The molecule has 2 aromatic heterocycles. The minimum absolute atomic E-state index is 0.0410. The number of hydrogen-bond donors (Lipinski definition) is 0. The second kappa shape index (κ2) is 15.5. The second-order valence-corrected chi connectivity index (χ2v) is 15.8. The van der Waals surface area contributed by atoms with Crippen molar-refractivity contribution in [3.63, 3.8) is 0 Å². The third kappa shape index (κ3) is 8.51. The van der Waals surface area contributed by atoms with Crippen molar-refractivity contribution in [2.75, 3.05) is 37.1 Å². The Bertz CT molecular complexity index is 2220. The van der Waals surface area contributed by atoms with Crippen LogP contribution in [0.4, 0.5) is 34.0 Å². The summed E-state index contributed by atoms with van der Waals surface area (Å²) in [6.07, 6.45) is -4.81. The first-order valence-electron chi connectivity index (χ1n) is 18.5. The summed E-state index contributed by atoms with van der Waals surface area (Å²) in [5, 5.41) is 0.318. The van der Waals surface area contributed by atoms with E-state index in [1.807, 2.05) is 79.1 Å². The van der Waals surface area contributed by atoms with Gasteiger partial charge in [0.25, 0.3) is 0 Å². The number of halogens is 5. The fourth-order valence-corrected chi connectivity index (χ4v) is 7.96. The maximum absolute atomic E-state index is 15.3. The highest BCUT2D eigenvalue weighted by atomic mass is 35.5. The van der Waals surface area contributed by atoms with Gasteiger partial charge in [-0.05, 0) is 99.7 Å². The van der Waals surface area contributed by atoms with Gasteiger partial charge in [0.15, 0.2) is 0 Å². The molecule has 10 nitrogen and oxygen atoms in total. The number of nitrogens with zero attached hydrogens (tertiary/aromatic N) is 6. The van der Waals surface area contributed by atoms with Gasteiger partial charge in [0.1, 0.15) is 28.7 Å². The molecule has 2 aliphatic heterocycles. The Labute approximate surface area is 333 Å². The summed E-state index contributed by atoms with van der Waals surface area (Å²) in [7, 11) is 3.14. The molecule has 15 heteroatoms. The minimum atomic E-state index is -4.81. The number of hydrogen-bond acceptors (Lipinski definition) is 9. The number of piperazine rings is 1. The maximum atomic E-state index is 15.3. The standard InChI is InChI=1S/C42H43ClF4N6O4/c1-24-17-35(51(20-25-7-13-29(55-5)14-8-25)21-26-9-15-30(56-6)16-10-26)49-37(36(24)42(45,46)47)31-19-34-32(18-33(31)43)38(50-39(44)48-34)52-22-27-11-12-28(23-52)53(27)40(54)57-41(2,3)4/h7-10,13-19,27-28H,11-12,20-23H2,1-6H3. The van der Waals surface area contributed by atoms with Crippen molar-refractivity contribution in [2.45, 2.75) is 77.5 Å². The van der Waals surface area contributed by atoms with Crippen LogP contribution in [-0.4, -0.2) is 70.9 Å². The summed E-state index contributed by atoms with van der Waals surface area (Å²) < 4.78 is 76.6.